The number of dihydropyridines is 1. The van der Waals surface area contributed by atoms with Crippen LogP contribution in [0.4, 0.5) is 0 Å². The summed E-state index contributed by atoms with van der Waals surface area (Å²) in [6, 6.07) is 14.2. The zero-order chi connectivity index (χ0) is 26.9. The van der Waals surface area contributed by atoms with Gasteiger partial charge in [-0.05, 0) is 33.8 Å². The van der Waals surface area contributed by atoms with Crippen LogP contribution in [0, 0.1) is 6.92 Å². The average Bonchev–Trinajstić information content (AvgIpc) is 2.88. The first-order valence-corrected chi connectivity index (χ1v) is 11.7. The summed E-state index contributed by atoms with van der Waals surface area (Å²) in [6.07, 6.45) is 0. The number of ether oxygens (including phenoxy) is 2. The Bertz CT molecular complexity index is 1540. The third kappa shape index (κ3) is 4.70. The van der Waals surface area contributed by atoms with Crippen molar-refractivity contribution < 1.29 is 28.3 Å². The molecule has 1 N–H and O–H groups in total. The van der Waals surface area contributed by atoms with Gasteiger partial charge in [-0.1, -0.05) is 42.5 Å². The number of nitrogens with one attached hydrogen (secondary N) is 1. The van der Waals surface area contributed by atoms with Crippen molar-refractivity contribution in [1.29, 1.82) is 0 Å². The molecule has 8 heteroatoms. The van der Waals surface area contributed by atoms with Crippen molar-refractivity contribution in [2.24, 2.45) is 0 Å². The van der Waals surface area contributed by atoms with Gasteiger partial charge in [-0.2, -0.15) is 0 Å². The Kier molecular flexibility index (Phi) is 7.11. The predicted octanol–water partition coefficient (Wildman–Crippen LogP) is 4.31. The van der Waals surface area contributed by atoms with E-state index in [9.17, 15) is 19.2 Å². The Hall–Kier alpha value is -4.46. The molecule has 4 rings (SSSR count). The molecule has 190 valence electrons. The van der Waals surface area contributed by atoms with Gasteiger partial charge in [0, 0.05) is 28.1 Å². The highest BCUT2D eigenvalue weighted by molar-refractivity contribution is 6.02. The molecule has 1 aliphatic heterocycles. The second-order valence-electron chi connectivity index (χ2n) is 8.88. The number of ketones is 1. The van der Waals surface area contributed by atoms with E-state index in [2.05, 4.69) is 5.32 Å². The van der Waals surface area contributed by atoms with E-state index in [4.69, 9.17) is 13.9 Å². The van der Waals surface area contributed by atoms with Gasteiger partial charge < -0.3 is 19.2 Å². The normalized spacial score (nSPS) is 15.4. The van der Waals surface area contributed by atoms with Gasteiger partial charge in [-0.3, -0.25) is 9.59 Å². The van der Waals surface area contributed by atoms with Gasteiger partial charge >= 0.3 is 11.9 Å². The van der Waals surface area contributed by atoms with Crippen molar-refractivity contribution >= 4 is 28.7 Å². The summed E-state index contributed by atoms with van der Waals surface area (Å²) in [6.45, 7) is 5.96. The van der Waals surface area contributed by atoms with Crippen molar-refractivity contribution in [3.8, 4) is 11.3 Å². The summed E-state index contributed by atoms with van der Waals surface area (Å²) >= 11 is 0. The lowest BCUT2D eigenvalue weighted by Crippen LogP contribution is -2.33. The molecule has 2 heterocycles. The molecule has 0 aliphatic carbocycles. The maximum Gasteiger partial charge on any atom is 0.337 e. The molecule has 1 unspecified atom stereocenters. The zero-order valence-electron chi connectivity index (χ0n) is 21.3. The molecule has 0 spiro atoms. The lowest BCUT2D eigenvalue weighted by Gasteiger charge is -2.30. The summed E-state index contributed by atoms with van der Waals surface area (Å²) in [5.74, 6) is -2.35. The molecule has 3 aromatic rings. The standard InChI is InChI=1S/C29H27NO7/c1-15(31)14-36-29(34)23-18(4)30-17(3)22(28(33)35-5)24(23)20-12-9-13-21-25(32)16(2)26(37-27(20)21)19-10-7-6-8-11-19/h6-13,24,30H,14H2,1-5H3. The Morgan fingerprint density at radius 1 is 0.919 bits per heavy atom. The van der Waals surface area contributed by atoms with Crippen molar-refractivity contribution in [2.45, 2.75) is 33.6 Å². The number of hydrogen-bond donors (Lipinski definition) is 1. The molecular formula is C29H27NO7. The van der Waals surface area contributed by atoms with Crippen LogP contribution in [-0.4, -0.2) is 31.4 Å². The van der Waals surface area contributed by atoms with Gasteiger partial charge in [-0.15, -0.1) is 0 Å². The van der Waals surface area contributed by atoms with E-state index in [1.165, 1.54) is 14.0 Å². The molecule has 8 nitrogen and oxygen atoms in total. The number of para-hydroxylation sites is 1. The largest absolute Gasteiger partial charge is 0.466 e. The van der Waals surface area contributed by atoms with Crippen LogP contribution < -0.4 is 10.7 Å². The third-order valence-electron chi connectivity index (χ3n) is 6.31. The molecule has 0 amide bonds. The summed E-state index contributed by atoms with van der Waals surface area (Å²) in [7, 11) is 1.25. The fraction of sp³-hybridized carbons (Fsp3) is 0.241. The minimum absolute atomic E-state index is 0.115. The van der Waals surface area contributed by atoms with E-state index < -0.39 is 24.5 Å². The fourth-order valence-electron chi connectivity index (χ4n) is 4.62. The molecule has 1 aromatic heterocycles. The van der Waals surface area contributed by atoms with E-state index in [1.54, 1.807) is 39.0 Å². The van der Waals surface area contributed by atoms with Crippen LogP contribution in [-0.2, 0) is 23.9 Å². The Morgan fingerprint density at radius 2 is 1.57 bits per heavy atom. The van der Waals surface area contributed by atoms with Crippen LogP contribution in [0.15, 0.2) is 80.3 Å². The second kappa shape index (κ2) is 10.3. The van der Waals surface area contributed by atoms with Crippen molar-refractivity contribution in [2.75, 3.05) is 13.7 Å². The third-order valence-corrected chi connectivity index (χ3v) is 6.31. The van der Waals surface area contributed by atoms with Gasteiger partial charge in [-0.25, -0.2) is 9.59 Å². The Labute approximate surface area is 213 Å². The van der Waals surface area contributed by atoms with Gasteiger partial charge in [0.25, 0.3) is 0 Å². The number of rotatable bonds is 6. The molecule has 2 aromatic carbocycles. The van der Waals surface area contributed by atoms with Crippen LogP contribution in [0.1, 0.15) is 37.8 Å². The summed E-state index contributed by atoms with van der Waals surface area (Å²) in [4.78, 5) is 51.2. The van der Waals surface area contributed by atoms with Crippen LogP contribution >= 0.6 is 0 Å². The van der Waals surface area contributed by atoms with E-state index in [1.807, 2.05) is 30.3 Å². The molecule has 1 atom stereocenters. The molecule has 0 saturated carbocycles. The van der Waals surface area contributed by atoms with Crippen molar-refractivity contribution in [1.82, 2.24) is 5.32 Å². The first kappa shape index (κ1) is 25.6. The monoisotopic (exact) mass is 501 g/mol. The van der Waals surface area contributed by atoms with E-state index in [0.29, 0.717) is 39.2 Å². The lowest BCUT2D eigenvalue weighted by molar-refractivity contribution is -0.144. The highest BCUT2D eigenvalue weighted by atomic mass is 16.5. The van der Waals surface area contributed by atoms with Gasteiger partial charge in [0.05, 0.1) is 29.6 Å². The minimum Gasteiger partial charge on any atom is -0.466 e. The molecule has 0 radical (unpaired) electrons. The highest BCUT2D eigenvalue weighted by Crippen LogP contribution is 2.42. The number of esters is 2. The van der Waals surface area contributed by atoms with Gasteiger partial charge in [0.15, 0.2) is 11.2 Å². The number of methoxy groups -OCH3 is 1. The number of hydrogen-bond acceptors (Lipinski definition) is 8. The van der Waals surface area contributed by atoms with Crippen molar-refractivity contribution in [3.63, 3.8) is 0 Å². The van der Waals surface area contributed by atoms with Gasteiger partial charge in [0.1, 0.15) is 18.0 Å². The molecule has 37 heavy (non-hydrogen) atoms. The minimum atomic E-state index is -0.980. The van der Waals surface area contributed by atoms with Crippen LogP contribution in [0.5, 0.6) is 0 Å². The van der Waals surface area contributed by atoms with Crippen molar-refractivity contribution in [3.05, 3.63) is 92.4 Å². The SMILES string of the molecule is COC(=O)C1=C(C)NC(C)=C(C(=O)OCC(C)=O)C1c1cccc2c(=O)c(C)c(-c3ccccc3)oc12. The summed E-state index contributed by atoms with van der Waals surface area (Å²) in [5.41, 5.74) is 2.79. The van der Waals surface area contributed by atoms with E-state index in [-0.39, 0.29) is 27.9 Å². The molecular weight excluding hydrogens is 474 g/mol. The van der Waals surface area contributed by atoms with Crippen LogP contribution in [0.25, 0.3) is 22.3 Å². The first-order chi connectivity index (χ1) is 17.6. The molecule has 0 saturated heterocycles. The topological polar surface area (TPSA) is 112 Å². The number of carbonyl (C=O) groups excluding carboxylic acids is 3. The Morgan fingerprint density at radius 3 is 2.19 bits per heavy atom. The van der Waals surface area contributed by atoms with Gasteiger partial charge in [0.2, 0.25) is 0 Å². The van der Waals surface area contributed by atoms with E-state index >= 15 is 0 Å². The first-order valence-electron chi connectivity index (χ1n) is 11.7. The lowest BCUT2D eigenvalue weighted by atomic mass is 9.79. The number of carbonyl (C=O) groups is 3. The second-order valence-corrected chi connectivity index (χ2v) is 8.88. The summed E-state index contributed by atoms with van der Waals surface area (Å²) in [5, 5.41) is 3.36. The number of Topliss-reactive ketones (excluding diaryl/α,β-unsaturated/α-hetero) is 1. The highest BCUT2D eigenvalue weighted by Gasteiger charge is 2.39. The van der Waals surface area contributed by atoms with Crippen LogP contribution in [0.3, 0.4) is 0 Å². The molecule has 1 aliphatic rings. The van der Waals surface area contributed by atoms with E-state index in [0.717, 1.165) is 0 Å². The zero-order valence-corrected chi connectivity index (χ0v) is 21.3. The molecule has 0 fully saturated rings. The average molecular weight is 502 g/mol. The fourth-order valence-corrected chi connectivity index (χ4v) is 4.62. The summed E-state index contributed by atoms with van der Waals surface area (Å²) < 4.78 is 16.7. The smallest absolute Gasteiger partial charge is 0.337 e. The quantitative estimate of drug-likeness (QED) is 0.498. The van der Waals surface area contributed by atoms with Crippen LogP contribution in [0.2, 0.25) is 0 Å². The number of benzene rings is 2. The Balaban J connectivity index is 2.04. The number of fused-ring (bicyclic) bond motifs is 1. The molecule has 0 bridgehead atoms. The predicted molar refractivity (Wildman–Crippen MR) is 138 cm³/mol. The maximum atomic E-state index is 13.4. The maximum absolute atomic E-state index is 13.4. The number of allylic oxidation sites excluding steroid dienone is 2.